The predicted octanol–water partition coefficient (Wildman–Crippen LogP) is 0.656. The first kappa shape index (κ1) is 13.4. The number of ether oxygens (including phenoxy) is 1. The molecule has 1 aliphatic carbocycles. The summed E-state index contributed by atoms with van der Waals surface area (Å²) in [4.78, 5) is 11.4. The fourth-order valence-corrected chi connectivity index (χ4v) is 3.02. The zero-order valence-electron chi connectivity index (χ0n) is 9.89. The zero-order valence-corrected chi connectivity index (χ0v) is 10.7. The Morgan fingerprint density at radius 1 is 1.44 bits per heavy atom. The number of esters is 1. The molecular formula is C10H19NO4S. The van der Waals surface area contributed by atoms with Crippen LogP contribution in [0, 0.1) is 5.92 Å². The highest BCUT2D eigenvalue weighted by Gasteiger charge is 2.38. The predicted molar refractivity (Wildman–Crippen MR) is 60.3 cm³/mol. The third-order valence-corrected chi connectivity index (χ3v) is 4.42. The van der Waals surface area contributed by atoms with E-state index in [0.717, 1.165) is 0 Å². The maximum atomic E-state index is 11.7. The topological polar surface area (TPSA) is 72.5 Å². The Balaban J connectivity index is 2.65. The summed E-state index contributed by atoms with van der Waals surface area (Å²) in [5.74, 6) is -0.288. The van der Waals surface area contributed by atoms with Gasteiger partial charge in [0.2, 0.25) is 10.0 Å². The summed E-state index contributed by atoms with van der Waals surface area (Å²) in [6.45, 7) is 3.86. The molecule has 0 spiro atoms. The molecule has 1 fully saturated rings. The van der Waals surface area contributed by atoms with Crippen molar-refractivity contribution < 1.29 is 17.9 Å². The molecular weight excluding hydrogens is 230 g/mol. The van der Waals surface area contributed by atoms with Gasteiger partial charge in [0.05, 0.1) is 12.4 Å². The van der Waals surface area contributed by atoms with Crippen LogP contribution in [-0.4, -0.2) is 32.8 Å². The second kappa shape index (κ2) is 5.14. The molecule has 0 aliphatic heterocycles. The van der Waals surface area contributed by atoms with Gasteiger partial charge in [-0.2, -0.15) is 0 Å². The summed E-state index contributed by atoms with van der Waals surface area (Å²) in [6.07, 6.45) is 1.83. The molecule has 1 saturated carbocycles. The summed E-state index contributed by atoms with van der Waals surface area (Å²) in [5.41, 5.74) is 0. The molecule has 0 saturated heterocycles. The Kier molecular flexibility index (Phi) is 4.32. The van der Waals surface area contributed by atoms with Crippen LogP contribution < -0.4 is 4.72 Å². The molecule has 0 aromatic heterocycles. The maximum absolute atomic E-state index is 11.7. The molecule has 1 atom stereocenters. The van der Waals surface area contributed by atoms with Crippen molar-refractivity contribution in [3.05, 3.63) is 0 Å². The number of carbonyl (C=O) groups excluding carboxylic acids is 1. The number of hydrogen-bond acceptors (Lipinski definition) is 4. The Morgan fingerprint density at radius 3 is 2.38 bits per heavy atom. The fraction of sp³-hybridized carbons (Fsp3) is 0.900. The summed E-state index contributed by atoms with van der Waals surface area (Å²) in [6, 6.07) is -0.754. The lowest BCUT2D eigenvalue weighted by Gasteiger charge is -2.18. The van der Waals surface area contributed by atoms with Gasteiger partial charge in [-0.3, -0.25) is 4.79 Å². The van der Waals surface area contributed by atoms with Crippen molar-refractivity contribution in [2.45, 2.75) is 44.4 Å². The normalized spacial score (nSPS) is 18.5. The van der Waals surface area contributed by atoms with Gasteiger partial charge in [-0.1, -0.05) is 13.8 Å². The molecule has 16 heavy (non-hydrogen) atoms. The lowest BCUT2D eigenvalue weighted by Crippen LogP contribution is -2.43. The van der Waals surface area contributed by atoms with Gasteiger partial charge in [0.15, 0.2) is 0 Å². The summed E-state index contributed by atoms with van der Waals surface area (Å²) >= 11 is 0. The monoisotopic (exact) mass is 249 g/mol. The molecule has 0 heterocycles. The van der Waals surface area contributed by atoms with Crippen molar-refractivity contribution in [1.29, 1.82) is 0 Å². The van der Waals surface area contributed by atoms with Crippen LogP contribution in [0.5, 0.6) is 0 Å². The van der Waals surface area contributed by atoms with Crippen molar-refractivity contribution in [2.75, 3.05) is 7.11 Å². The lowest BCUT2D eigenvalue weighted by atomic mass is 10.1. The first-order chi connectivity index (χ1) is 7.36. The minimum atomic E-state index is -3.34. The van der Waals surface area contributed by atoms with Gasteiger partial charge in [0.25, 0.3) is 0 Å². The molecule has 0 aromatic carbocycles. The fourth-order valence-electron chi connectivity index (χ4n) is 1.48. The second-order valence-electron chi connectivity index (χ2n) is 4.57. The molecule has 94 valence electrons. The van der Waals surface area contributed by atoms with E-state index in [-0.39, 0.29) is 11.2 Å². The molecule has 0 bridgehead atoms. The first-order valence-electron chi connectivity index (χ1n) is 5.45. The molecule has 1 N–H and O–H groups in total. The third kappa shape index (κ3) is 3.75. The number of rotatable bonds is 6. The van der Waals surface area contributed by atoms with E-state index in [1.54, 1.807) is 0 Å². The minimum absolute atomic E-state index is 0.228. The SMILES string of the molecule is COC(=O)C(CC(C)C)NS(=O)(=O)C1CC1. The number of methoxy groups -OCH3 is 1. The molecule has 1 rings (SSSR count). The molecule has 0 amide bonds. The summed E-state index contributed by atoms with van der Waals surface area (Å²) in [5, 5.41) is -0.313. The van der Waals surface area contributed by atoms with Gasteiger partial charge in [-0.25, -0.2) is 13.1 Å². The Morgan fingerprint density at radius 2 is 2.00 bits per heavy atom. The van der Waals surface area contributed by atoms with Crippen molar-refractivity contribution in [3.8, 4) is 0 Å². The largest absolute Gasteiger partial charge is 0.468 e. The van der Waals surface area contributed by atoms with Gasteiger partial charge >= 0.3 is 5.97 Å². The van der Waals surface area contributed by atoms with Crippen LogP contribution in [0.3, 0.4) is 0 Å². The Hall–Kier alpha value is -0.620. The minimum Gasteiger partial charge on any atom is -0.468 e. The molecule has 1 aliphatic rings. The average Bonchev–Trinajstić information content (AvgIpc) is 2.97. The lowest BCUT2D eigenvalue weighted by molar-refractivity contribution is -0.143. The van der Waals surface area contributed by atoms with Crippen molar-refractivity contribution in [2.24, 2.45) is 5.92 Å². The summed E-state index contributed by atoms with van der Waals surface area (Å²) < 4.78 is 30.4. The van der Waals surface area contributed by atoms with Gasteiger partial charge < -0.3 is 4.74 Å². The van der Waals surface area contributed by atoms with Gasteiger partial charge in [0.1, 0.15) is 6.04 Å². The van der Waals surface area contributed by atoms with Crippen LogP contribution in [0.1, 0.15) is 33.1 Å². The van der Waals surface area contributed by atoms with Crippen LogP contribution in [0.15, 0.2) is 0 Å². The standard InChI is InChI=1S/C10H19NO4S/c1-7(2)6-9(10(12)15-3)11-16(13,14)8-4-5-8/h7-9,11H,4-6H2,1-3H3. The van der Waals surface area contributed by atoms with E-state index < -0.39 is 22.0 Å². The van der Waals surface area contributed by atoms with Gasteiger partial charge in [-0.05, 0) is 25.2 Å². The first-order valence-corrected chi connectivity index (χ1v) is 7.00. The van der Waals surface area contributed by atoms with E-state index in [1.165, 1.54) is 7.11 Å². The van der Waals surface area contributed by atoms with E-state index >= 15 is 0 Å². The van der Waals surface area contributed by atoms with E-state index in [0.29, 0.717) is 19.3 Å². The molecule has 5 nitrogen and oxygen atoms in total. The highest BCUT2D eigenvalue weighted by molar-refractivity contribution is 7.90. The summed E-state index contributed by atoms with van der Waals surface area (Å²) in [7, 11) is -2.07. The van der Waals surface area contributed by atoms with E-state index in [4.69, 9.17) is 0 Å². The number of carbonyl (C=O) groups is 1. The van der Waals surface area contributed by atoms with Crippen LogP contribution >= 0.6 is 0 Å². The van der Waals surface area contributed by atoms with E-state index in [1.807, 2.05) is 13.8 Å². The van der Waals surface area contributed by atoms with Crippen LogP contribution in [-0.2, 0) is 19.6 Å². The third-order valence-electron chi connectivity index (χ3n) is 2.46. The maximum Gasteiger partial charge on any atom is 0.323 e. The second-order valence-corrected chi connectivity index (χ2v) is 6.56. The molecule has 0 radical (unpaired) electrons. The number of hydrogen-bond donors (Lipinski definition) is 1. The van der Waals surface area contributed by atoms with Crippen LogP contribution in [0.4, 0.5) is 0 Å². The van der Waals surface area contributed by atoms with Crippen molar-refractivity contribution in [1.82, 2.24) is 4.72 Å². The average molecular weight is 249 g/mol. The van der Waals surface area contributed by atoms with E-state index in [2.05, 4.69) is 9.46 Å². The van der Waals surface area contributed by atoms with Crippen molar-refractivity contribution in [3.63, 3.8) is 0 Å². The van der Waals surface area contributed by atoms with Gasteiger partial charge in [-0.15, -0.1) is 0 Å². The van der Waals surface area contributed by atoms with Crippen molar-refractivity contribution >= 4 is 16.0 Å². The highest BCUT2D eigenvalue weighted by atomic mass is 32.2. The molecule has 6 heteroatoms. The Bertz CT molecular complexity index is 346. The van der Waals surface area contributed by atoms with Crippen LogP contribution in [0.25, 0.3) is 0 Å². The quantitative estimate of drug-likeness (QED) is 0.702. The zero-order chi connectivity index (χ0) is 12.3. The molecule has 1 unspecified atom stereocenters. The van der Waals surface area contributed by atoms with Crippen LogP contribution in [0.2, 0.25) is 0 Å². The highest BCUT2D eigenvalue weighted by Crippen LogP contribution is 2.28. The van der Waals surface area contributed by atoms with E-state index in [9.17, 15) is 13.2 Å². The smallest absolute Gasteiger partial charge is 0.323 e. The number of sulfonamides is 1. The number of nitrogens with one attached hydrogen (secondary N) is 1. The van der Waals surface area contributed by atoms with Gasteiger partial charge in [0, 0.05) is 0 Å². The Labute approximate surface area is 96.6 Å². The molecule has 0 aromatic rings.